The van der Waals surface area contributed by atoms with E-state index >= 15 is 0 Å². The van der Waals surface area contributed by atoms with Crippen LogP contribution in [0.5, 0.6) is 0 Å². The summed E-state index contributed by atoms with van der Waals surface area (Å²) in [6.07, 6.45) is 9.85. The van der Waals surface area contributed by atoms with Crippen molar-refractivity contribution in [2.45, 2.75) is 19.3 Å². The van der Waals surface area contributed by atoms with Crippen molar-refractivity contribution in [1.29, 1.82) is 0 Å². The molecular weight excluding hydrogens is 122 g/mol. The van der Waals surface area contributed by atoms with Crippen molar-refractivity contribution >= 4 is 0 Å². The minimum absolute atomic E-state index is 1.22. The Morgan fingerprint density at radius 3 is 3.30 bits per heavy atom. The summed E-state index contributed by atoms with van der Waals surface area (Å²) >= 11 is 0. The zero-order valence-electron chi connectivity index (χ0n) is 5.88. The highest BCUT2D eigenvalue weighted by atomic mass is 14.6. The van der Waals surface area contributed by atoms with Gasteiger partial charge in [0.25, 0.3) is 0 Å². The van der Waals surface area contributed by atoms with Gasteiger partial charge in [-0.05, 0) is 42.9 Å². The van der Waals surface area contributed by atoms with Gasteiger partial charge in [0.15, 0.2) is 0 Å². The van der Waals surface area contributed by atoms with Crippen LogP contribution in [0.2, 0.25) is 0 Å². The summed E-state index contributed by atoms with van der Waals surface area (Å²) in [6, 6.07) is 2.12. The van der Waals surface area contributed by atoms with E-state index in [2.05, 4.69) is 17.5 Å². The van der Waals surface area contributed by atoms with Gasteiger partial charge in [-0.25, -0.2) is 0 Å². The van der Waals surface area contributed by atoms with Gasteiger partial charge in [-0.1, -0.05) is 0 Å². The lowest BCUT2D eigenvalue weighted by molar-refractivity contribution is 0.771. The molecule has 1 radical (unpaired) electrons. The minimum atomic E-state index is 1.22. The van der Waals surface area contributed by atoms with Gasteiger partial charge in [0, 0.05) is 12.4 Å². The standard InChI is InChI=1S/C9H10N/c1-2-4-9-7-10-6-5-8(9)3-1/h4-7H,1-3H2. The van der Waals surface area contributed by atoms with Crippen molar-refractivity contribution in [3.05, 3.63) is 36.0 Å². The first-order valence-corrected chi connectivity index (χ1v) is 3.73. The molecule has 0 unspecified atom stereocenters. The first-order chi connectivity index (χ1) is 4.97. The van der Waals surface area contributed by atoms with E-state index in [9.17, 15) is 0 Å². The minimum Gasteiger partial charge on any atom is -0.264 e. The Morgan fingerprint density at radius 1 is 1.40 bits per heavy atom. The number of hydrogen-bond donors (Lipinski definition) is 0. The van der Waals surface area contributed by atoms with Crippen LogP contribution in [0.25, 0.3) is 0 Å². The molecule has 2 rings (SSSR count). The number of pyridine rings is 1. The molecule has 0 fully saturated rings. The SMILES string of the molecule is [CH]1CCCc2ccncc21. The van der Waals surface area contributed by atoms with Crippen LogP contribution < -0.4 is 0 Å². The average Bonchev–Trinajstić information content (AvgIpc) is 2.05. The molecule has 0 aromatic carbocycles. The molecule has 51 valence electrons. The maximum Gasteiger partial charge on any atom is 0.0305 e. The smallest absolute Gasteiger partial charge is 0.0305 e. The van der Waals surface area contributed by atoms with Gasteiger partial charge in [0.1, 0.15) is 0 Å². The van der Waals surface area contributed by atoms with Crippen LogP contribution >= 0.6 is 0 Å². The predicted octanol–water partition coefficient (Wildman–Crippen LogP) is 1.97. The quantitative estimate of drug-likeness (QED) is 0.526. The fourth-order valence-corrected chi connectivity index (χ4v) is 1.40. The van der Waals surface area contributed by atoms with Crippen LogP contribution in [0.1, 0.15) is 24.0 Å². The highest BCUT2D eigenvalue weighted by Gasteiger charge is 2.07. The molecule has 1 aromatic heterocycles. The molecule has 1 nitrogen and oxygen atoms in total. The van der Waals surface area contributed by atoms with Gasteiger partial charge in [0.2, 0.25) is 0 Å². The molecule has 0 aliphatic heterocycles. The fourth-order valence-electron chi connectivity index (χ4n) is 1.40. The van der Waals surface area contributed by atoms with Crippen LogP contribution in [0.3, 0.4) is 0 Å². The van der Waals surface area contributed by atoms with Crippen molar-refractivity contribution in [2.24, 2.45) is 0 Å². The van der Waals surface area contributed by atoms with E-state index in [1.165, 1.54) is 30.4 Å². The number of fused-ring (bicyclic) bond motifs is 1. The summed E-state index contributed by atoms with van der Waals surface area (Å²) in [5.74, 6) is 0. The average molecular weight is 132 g/mol. The van der Waals surface area contributed by atoms with Crippen molar-refractivity contribution in [3.63, 3.8) is 0 Å². The summed E-state index contributed by atoms with van der Waals surface area (Å²) in [5, 5.41) is 0. The van der Waals surface area contributed by atoms with Crippen LogP contribution in [0.15, 0.2) is 18.5 Å². The lowest BCUT2D eigenvalue weighted by Crippen LogP contribution is -2.00. The maximum absolute atomic E-state index is 4.07. The van der Waals surface area contributed by atoms with Crippen molar-refractivity contribution in [3.8, 4) is 0 Å². The molecule has 0 N–H and O–H groups in total. The first-order valence-electron chi connectivity index (χ1n) is 3.73. The number of aromatic nitrogens is 1. The van der Waals surface area contributed by atoms with E-state index < -0.39 is 0 Å². The van der Waals surface area contributed by atoms with Crippen LogP contribution in [0.4, 0.5) is 0 Å². The van der Waals surface area contributed by atoms with E-state index in [-0.39, 0.29) is 0 Å². The highest BCUT2D eigenvalue weighted by molar-refractivity contribution is 5.31. The van der Waals surface area contributed by atoms with E-state index in [1.807, 2.05) is 12.4 Å². The maximum atomic E-state index is 4.07. The lowest BCUT2D eigenvalue weighted by atomic mass is 9.94. The molecule has 0 atom stereocenters. The molecule has 0 amide bonds. The molecule has 0 saturated heterocycles. The largest absolute Gasteiger partial charge is 0.264 e. The summed E-state index contributed by atoms with van der Waals surface area (Å²) in [4.78, 5) is 4.07. The number of hydrogen-bond acceptors (Lipinski definition) is 1. The molecule has 0 spiro atoms. The molecule has 1 heterocycles. The number of aryl methyl sites for hydroxylation is 1. The van der Waals surface area contributed by atoms with Crippen LogP contribution in [0, 0.1) is 6.42 Å². The molecular formula is C9H10N. The Balaban J connectivity index is 2.41. The normalized spacial score (nSPS) is 16.4. The van der Waals surface area contributed by atoms with Crippen LogP contribution in [-0.2, 0) is 6.42 Å². The Bertz CT molecular complexity index is 205. The van der Waals surface area contributed by atoms with Gasteiger partial charge in [-0.15, -0.1) is 0 Å². The van der Waals surface area contributed by atoms with Crippen molar-refractivity contribution in [2.75, 3.05) is 0 Å². The summed E-state index contributed by atoms with van der Waals surface area (Å²) in [6.45, 7) is 0. The zero-order valence-corrected chi connectivity index (χ0v) is 5.88. The van der Waals surface area contributed by atoms with E-state index in [0.29, 0.717) is 0 Å². The molecule has 1 aliphatic carbocycles. The van der Waals surface area contributed by atoms with Gasteiger partial charge < -0.3 is 0 Å². The van der Waals surface area contributed by atoms with E-state index in [1.54, 1.807) is 0 Å². The van der Waals surface area contributed by atoms with Gasteiger partial charge in [0.05, 0.1) is 0 Å². The zero-order chi connectivity index (χ0) is 6.81. The second-order valence-electron chi connectivity index (χ2n) is 2.67. The van der Waals surface area contributed by atoms with Crippen LogP contribution in [-0.4, -0.2) is 4.98 Å². The Morgan fingerprint density at radius 2 is 2.40 bits per heavy atom. The topological polar surface area (TPSA) is 12.9 Å². The molecule has 1 aromatic rings. The van der Waals surface area contributed by atoms with E-state index in [0.717, 1.165) is 0 Å². The number of rotatable bonds is 0. The highest BCUT2D eigenvalue weighted by Crippen LogP contribution is 2.20. The summed E-state index contributed by atoms with van der Waals surface area (Å²) in [7, 11) is 0. The molecule has 1 heteroatoms. The Hall–Kier alpha value is -0.850. The van der Waals surface area contributed by atoms with Gasteiger partial charge in [-0.2, -0.15) is 0 Å². The van der Waals surface area contributed by atoms with Gasteiger partial charge >= 0.3 is 0 Å². The third-order valence-corrected chi connectivity index (χ3v) is 1.96. The fraction of sp³-hybridized carbons (Fsp3) is 0.333. The molecule has 0 saturated carbocycles. The molecule has 1 aliphatic rings. The second kappa shape index (κ2) is 2.41. The monoisotopic (exact) mass is 132 g/mol. The van der Waals surface area contributed by atoms with Gasteiger partial charge in [-0.3, -0.25) is 4.98 Å². The third kappa shape index (κ3) is 0.919. The Kier molecular flexibility index (Phi) is 1.42. The van der Waals surface area contributed by atoms with Crippen molar-refractivity contribution in [1.82, 2.24) is 4.98 Å². The summed E-state index contributed by atoms with van der Waals surface area (Å²) < 4.78 is 0. The first kappa shape index (κ1) is 5.90. The third-order valence-electron chi connectivity index (χ3n) is 1.96. The summed E-state index contributed by atoms with van der Waals surface area (Å²) in [5.41, 5.74) is 2.80. The Labute approximate surface area is 61.1 Å². The van der Waals surface area contributed by atoms with E-state index in [4.69, 9.17) is 0 Å². The van der Waals surface area contributed by atoms with Crippen molar-refractivity contribution < 1.29 is 0 Å². The molecule has 0 bridgehead atoms. The lowest BCUT2D eigenvalue weighted by Gasteiger charge is -2.12. The predicted molar refractivity (Wildman–Crippen MR) is 40.6 cm³/mol. The second-order valence-corrected chi connectivity index (χ2v) is 2.67. The number of nitrogens with zero attached hydrogens (tertiary/aromatic N) is 1. The molecule has 10 heavy (non-hydrogen) atoms.